The second-order valence-electron chi connectivity index (χ2n) is 9.02. The minimum absolute atomic E-state index is 0.118. The highest BCUT2D eigenvalue weighted by Crippen LogP contribution is 2.65. The molecule has 0 saturated heterocycles. The third-order valence-electron chi connectivity index (χ3n) is 7.38. The standard InChI is InChI=1S/C21H29N3O2/c1-3-5-15-16-17(19(26)24(6-4-2)18(15)25)23-20(22-16)21-10-12-7-13(11-21)9-14(21)8-12/h12-14,25H,3-11H2,1-2H3,(H,22,23). The Morgan fingerprint density at radius 1 is 1.19 bits per heavy atom. The number of rotatable bonds is 5. The number of hydrogen-bond acceptors (Lipinski definition) is 3. The zero-order chi connectivity index (χ0) is 18.1. The number of nitrogens with one attached hydrogen (secondary N) is 1. The van der Waals surface area contributed by atoms with E-state index in [2.05, 4.69) is 11.9 Å². The van der Waals surface area contributed by atoms with Crippen LogP contribution in [0.2, 0.25) is 0 Å². The molecule has 26 heavy (non-hydrogen) atoms. The number of aromatic nitrogens is 3. The van der Waals surface area contributed by atoms with Gasteiger partial charge in [0.1, 0.15) is 16.9 Å². The number of fused-ring (bicyclic) bond motifs is 1. The van der Waals surface area contributed by atoms with Crippen LogP contribution >= 0.6 is 0 Å². The Labute approximate surface area is 153 Å². The lowest BCUT2D eigenvalue weighted by Gasteiger charge is -2.30. The van der Waals surface area contributed by atoms with Crippen molar-refractivity contribution in [2.24, 2.45) is 17.8 Å². The highest BCUT2D eigenvalue weighted by Gasteiger charge is 2.59. The normalized spacial score (nSPS) is 32.2. The summed E-state index contributed by atoms with van der Waals surface area (Å²) in [4.78, 5) is 21.5. The molecule has 0 aromatic carbocycles. The summed E-state index contributed by atoms with van der Waals surface area (Å²) in [5, 5.41) is 10.7. The molecule has 6 rings (SSSR count). The third kappa shape index (κ3) is 2.03. The number of hydrogen-bond donors (Lipinski definition) is 2. The average Bonchev–Trinajstić information content (AvgIpc) is 3.24. The summed E-state index contributed by atoms with van der Waals surface area (Å²) in [6, 6.07) is 0. The average molecular weight is 355 g/mol. The van der Waals surface area contributed by atoms with Gasteiger partial charge in [-0.2, -0.15) is 0 Å². The van der Waals surface area contributed by atoms with E-state index in [4.69, 9.17) is 4.98 Å². The van der Waals surface area contributed by atoms with Gasteiger partial charge in [-0.05, 0) is 62.7 Å². The first kappa shape index (κ1) is 16.4. The largest absolute Gasteiger partial charge is 0.494 e. The van der Waals surface area contributed by atoms with Crippen LogP contribution < -0.4 is 5.56 Å². The van der Waals surface area contributed by atoms with Crippen molar-refractivity contribution >= 4 is 11.0 Å². The lowest BCUT2D eigenvalue weighted by Crippen LogP contribution is -2.29. The van der Waals surface area contributed by atoms with Crippen LogP contribution in [0, 0.1) is 17.8 Å². The Morgan fingerprint density at radius 2 is 1.92 bits per heavy atom. The maximum Gasteiger partial charge on any atom is 0.279 e. The van der Waals surface area contributed by atoms with Crippen LogP contribution in [0.5, 0.6) is 5.88 Å². The monoisotopic (exact) mass is 355 g/mol. The molecule has 4 fully saturated rings. The first-order valence-corrected chi connectivity index (χ1v) is 10.4. The van der Waals surface area contributed by atoms with Crippen LogP contribution in [-0.2, 0) is 18.4 Å². The van der Waals surface area contributed by atoms with Gasteiger partial charge in [0.2, 0.25) is 0 Å². The summed E-state index contributed by atoms with van der Waals surface area (Å²) in [5.74, 6) is 3.58. The second-order valence-corrected chi connectivity index (χ2v) is 9.02. The van der Waals surface area contributed by atoms with Crippen LogP contribution in [-0.4, -0.2) is 19.6 Å². The molecule has 2 aromatic rings. The molecule has 2 heterocycles. The summed E-state index contributed by atoms with van der Waals surface area (Å²) >= 11 is 0. The molecular formula is C21H29N3O2. The molecule has 4 aliphatic rings. The minimum atomic E-state index is -0.118. The maximum absolute atomic E-state index is 13.0. The lowest BCUT2D eigenvalue weighted by molar-refractivity contribution is 0.262. The number of imidazole rings is 1. The topological polar surface area (TPSA) is 70.9 Å². The van der Waals surface area contributed by atoms with Crippen molar-refractivity contribution in [1.29, 1.82) is 0 Å². The Morgan fingerprint density at radius 3 is 2.58 bits per heavy atom. The Kier molecular flexibility index (Phi) is 3.54. The first-order chi connectivity index (χ1) is 12.6. The number of H-pyrrole nitrogens is 1. The van der Waals surface area contributed by atoms with Crippen molar-refractivity contribution in [3.05, 3.63) is 21.7 Å². The van der Waals surface area contributed by atoms with Crippen molar-refractivity contribution in [2.75, 3.05) is 0 Å². The summed E-state index contributed by atoms with van der Waals surface area (Å²) in [7, 11) is 0. The summed E-state index contributed by atoms with van der Waals surface area (Å²) in [6.45, 7) is 4.68. The zero-order valence-electron chi connectivity index (χ0n) is 15.8. The smallest absolute Gasteiger partial charge is 0.279 e. The SMILES string of the molecule is CCCc1c(O)n(CCC)c(=O)c2[nH]c(C34CC5CC(CC3C5)C4)nc12. The van der Waals surface area contributed by atoms with E-state index in [1.807, 2.05) is 6.92 Å². The van der Waals surface area contributed by atoms with Gasteiger partial charge < -0.3 is 10.1 Å². The number of aromatic hydroxyl groups is 1. The first-order valence-electron chi connectivity index (χ1n) is 10.4. The van der Waals surface area contributed by atoms with Crippen molar-refractivity contribution in [3.8, 4) is 5.88 Å². The van der Waals surface area contributed by atoms with E-state index in [1.165, 1.54) is 36.7 Å². The molecule has 2 atom stereocenters. The van der Waals surface area contributed by atoms with Gasteiger partial charge in [0.25, 0.3) is 5.56 Å². The van der Waals surface area contributed by atoms with Crippen LogP contribution in [0.4, 0.5) is 0 Å². The third-order valence-corrected chi connectivity index (χ3v) is 7.38. The van der Waals surface area contributed by atoms with Crippen LogP contribution in [0.25, 0.3) is 11.0 Å². The van der Waals surface area contributed by atoms with Gasteiger partial charge in [-0.3, -0.25) is 9.36 Å². The molecule has 0 spiro atoms. The van der Waals surface area contributed by atoms with E-state index < -0.39 is 0 Å². The molecule has 4 bridgehead atoms. The number of aryl methyl sites for hydroxylation is 1. The van der Waals surface area contributed by atoms with Gasteiger partial charge in [0, 0.05) is 17.5 Å². The van der Waals surface area contributed by atoms with E-state index in [-0.39, 0.29) is 16.9 Å². The molecule has 2 N–H and O–H groups in total. The van der Waals surface area contributed by atoms with Gasteiger partial charge in [0.05, 0.1) is 0 Å². The number of nitrogens with zero attached hydrogens (tertiary/aromatic N) is 2. The summed E-state index contributed by atoms with van der Waals surface area (Å²) < 4.78 is 1.53. The van der Waals surface area contributed by atoms with Crippen molar-refractivity contribution in [3.63, 3.8) is 0 Å². The molecule has 0 aliphatic heterocycles. The quantitative estimate of drug-likeness (QED) is 0.855. The molecule has 2 unspecified atom stereocenters. The van der Waals surface area contributed by atoms with E-state index in [0.717, 1.165) is 53.9 Å². The molecule has 5 heteroatoms. The summed E-state index contributed by atoms with van der Waals surface area (Å²) in [5.41, 5.74) is 2.21. The molecule has 140 valence electrons. The van der Waals surface area contributed by atoms with E-state index >= 15 is 0 Å². The lowest BCUT2D eigenvalue weighted by atomic mass is 9.75. The van der Waals surface area contributed by atoms with Crippen molar-refractivity contribution < 1.29 is 5.11 Å². The molecule has 0 amide bonds. The highest BCUT2D eigenvalue weighted by molar-refractivity contribution is 5.80. The van der Waals surface area contributed by atoms with Gasteiger partial charge in [0.15, 0.2) is 5.88 Å². The van der Waals surface area contributed by atoms with E-state index in [0.29, 0.717) is 12.1 Å². The predicted molar refractivity (Wildman–Crippen MR) is 102 cm³/mol. The second kappa shape index (κ2) is 5.61. The zero-order valence-corrected chi connectivity index (χ0v) is 15.8. The summed E-state index contributed by atoms with van der Waals surface area (Å²) in [6.07, 6.45) is 9.01. The van der Waals surface area contributed by atoms with Crippen LogP contribution in [0.3, 0.4) is 0 Å². The van der Waals surface area contributed by atoms with E-state index in [9.17, 15) is 9.90 Å². The highest BCUT2D eigenvalue weighted by atomic mass is 16.3. The fourth-order valence-corrected chi connectivity index (χ4v) is 6.58. The van der Waals surface area contributed by atoms with Gasteiger partial charge in [-0.25, -0.2) is 4.98 Å². The molecule has 4 aliphatic carbocycles. The van der Waals surface area contributed by atoms with Crippen molar-refractivity contribution in [1.82, 2.24) is 14.5 Å². The number of aromatic amines is 1. The number of pyridine rings is 1. The Bertz CT molecular complexity index is 911. The van der Waals surface area contributed by atoms with E-state index in [1.54, 1.807) is 0 Å². The van der Waals surface area contributed by atoms with Crippen LogP contribution in [0.15, 0.2) is 4.79 Å². The Balaban J connectivity index is 1.71. The van der Waals surface area contributed by atoms with Gasteiger partial charge in [-0.15, -0.1) is 0 Å². The molecule has 4 saturated carbocycles. The van der Waals surface area contributed by atoms with Crippen molar-refractivity contribution in [2.45, 2.75) is 77.2 Å². The molecular weight excluding hydrogens is 326 g/mol. The minimum Gasteiger partial charge on any atom is -0.494 e. The van der Waals surface area contributed by atoms with Gasteiger partial charge in [-0.1, -0.05) is 20.3 Å². The van der Waals surface area contributed by atoms with Gasteiger partial charge >= 0.3 is 0 Å². The predicted octanol–water partition coefficient (Wildman–Crippen LogP) is 3.87. The molecule has 0 radical (unpaired) electrons. The Hall–Kier alpha value is -1.78. The molecule has 5 nitrogen and oxygen atoms in total. The molecule has 2 aromatic heterocycles. The fraction of sp³-hybridized carbons (Fsp3) is 0.714. The maximum atomic E-state index is 13.0. The fourth-order valence-electron chi connectivity index (χ4n) is 6.58. The van der Waals surface area contributed by atoms with Crippen LogP contribution in [0.1, 0.15) is 70.2 Å².